The Morgan fingerprint density at radius 3 is 2.71 bits per heavy atom. The van der Waals surface area contributed by atoms with Crippen LogP contribution in [0.15, 0.2) is 0 Å². The van der Waals surface area contributed by atoms with Crippen LogP contribution in [0.5, 0.6) is 0 Å². The Bertz CT molecular complexity index is 509. The summed E-state index contributed by atoms with van der Waals surface area (Å²) < 4.78 is 42.8. The van der Waals surface area contributed by atoms with Crippen molar-refractivity contribution in [2.24, 2.45) is 0 Å². The first-order valence-corrected chi connectivity index (χ1v) is 6.79. The van der Waals surface area contributed by atoms with E-state index in [-0.39, 0.29) is 29.1 Å². The van der Waals surface area contributed by atoms with Crippen LogP contribution in [0, 0.1) is 0 Å². The summed E-state index contributed by atoms with van der Waals surface area (Å²) in [4.78, 5) is 16.8. The Balaban J connectivity index is 0.00000220. The molecule has 1 atom stereocenters. The molecule has 21 heavy (non-hydrogen) atoms. The summed E-state index contributed by atoms with van der Waals surface area (Å²) in [6.07, 6.45) is -4.56. The van der Waals surface area contributed by atoms with E-state index in [0.717, 1.165) is 7.11 Å². The quantitative estimate of drug-likeness (QED) is 0.833. The minimum atomic E-state index is -4.56. The van der Waals surface area contributed by atoms with Gasteiger partial charge in [-0.25, -0.2) is 9.78 Å². The van der Waals surface area contributed by atoms with Crippen LogP contribution in [0.1, 0.15) is 22.4 Å². The number of carbonyl (C=O) groups excluding carboxylic acids is 1. The van der Waals surface area contributed by atoms with Crippen molar-refractivity contribution in [3.8, 4) is 0 Å². The first kappa shape index (κ1) is 18.0. The highest BCUT2D eigenvalue weighted by atomic mass is 35.5. The topological polar surface area (TPSA) is 54.5 Å². The van der Waals surface area contributed by atoms with Crippen LogP contribution in [0.3, 0.4) is 0 Å². The second-order valence-electron chi connectivity index (χ2n) is 4.46. The molecular formula is C11H15ClF3N3O2S. The molecule has 0 amide bonds. The smallest absolute Gasteiger partial charge is 0.443 e. The Morgan fingerprint density at radius 1 is 1.52 bits per heavy atom. The van der Waals surface area contributed by atoms with E-state index in [2.05, 4.69) is 15.0 Å². The predicted molar refractivity (Wildman–Crippen MR) is 75.4 cm³/mol. The van der Waals surface area contributed by atoms with Crippen molar-refractivity contribution in [2.75, 3.05) is 31.6 Å². The van der Waals surface area contributed by atoms with Gasteiger partial charge in [0.15, 0.2) is 5.69 Å². The number of thiazole rings is 1. The van der Waals surface area contributed by atoms with Gasteiger partial charge in [0.05, 0.1) is 7.11 Å². The zero-order valence-corrected chi connectivity index (χ0v) is 13.0. The number of nitrogens with zero attached hydrogens (tertiary/aromatic N) is 2. The molecule has 1 aliphatic heterocycles. The number of anilines is 1. The standard InChI is InChI=1S/C11H14F3N3O2S.ClH/c1-6-5-17(4-3-15-6)8-7(9(18)19-2)16-10(20-8)11(12,13)14;/h6,15H,3-5H2,1-2H3;1H/t6-;/m1./s1. The van der Waals surface area contributed by atoms with Gasteiger partial charge < -0.3 is 15.0 Å². The SMILES string of the molecule is COC(=O)c1nc(C(F)(F)F)sc1N1CCN[C@H](C)C1.Cl. The molecular weight excluding hydrogens is 331 g/mol. The number of methoxy groups -OCH3 is 1. The second-order valence-corrected chi connectivity index (χ2v) is 5.44. The molecule has 0 radical (unpaired) electrons. The number of hydrogen-bond donors (Lipinski definition) is 1. The minimum Gasteiger partial charge on any atom is -0.464 e. The van der Waals surface area contributed by atoms with E-state index in [9.17, 15) is 18.0 Å². The van der Waals surface area contributed by atoms with Gasteiger partial charge in [0.2, 0.25) is 5.01 Å². The van der Waals surface area contributed by atoms with Gasteiger partial charge in [0, 0.05) is 25.7 Å². The number of alkyl halides is 3. The van der Waals surface area contributed by atoms with Crippen LogP contribution < -0.4 is 10.2 Å². The molecule has 1 N–H and O–H groups in total. The molecule has 1 aliphatic rings. The van der Waals surface area contributed by atoms with Crippen molar-refractivity contribution in [2.45, 2.75) is 19.1 Å². The number of ether oxygens (including phenoxy) is 1. The maximum absolute atomic E-state index is 12.8. The van der Waals surface area contributed by atoms with Crippen LogP contribution in [-0.2, 0) is 10.9 Å². The molecule has 0 spiro atoms. The number of esters is 1. The minimum absolute atomic E-state index is 0. The van der Waals surface area contributed by atoms with Crippen molar-refractivity contribution in [1.29, 1.82) is 0 Å². The molecule has 1 aromatic heterocycles. The molecule has 0 aliphatic carbocycles. The third-order valence-corrected chi connectivity index (χ3v) is 4.05. The zero-order valence-electron chi connectivity index (χ0n) is 11.4. The molecule has 2 rings (SSSR count). The number of piperazine rings is 1. The highest BCUT2D eigenvalue weighted by Crippen LogP contribution is 2.39. The van der Waals surface area contributed by atoms with Crippen LogP contribution in [-0.4, -0.2) is 43.7 Å². The predicted octanol–water partition coefficient (Wildman–Crippen LogP) is 2.17. The van der Waals surface area contributed by atoms with Crippen LogP contribution >= 0.6 is 23.7 Å². The first-order valence-electron chi connectivity index (χ1n) is 5.97. The molecule has 0 aromatic carbocycles. The fraction of sp³-hybridized carbons (Fsp3) is 0.636. The average Bonchev–Trinajstić information content (AvgIpc) is 2.82. The molecule has 10 heteroatoms. The summed E-state index contributed by atoms with van der Waals surface area (Å²) in [6, 6.07) is 0.130. The van der Waals surface area contributed by atoms with Gasteiger partial charge in [0.1, 0.15) is 5.00 Å². The Hall–Kier alpha value is -1.06. The van der Waals surface area contributed by atoms with Crippen LogP contribution in [0.25, 0.3) is 0 Å². The van der Waals surface area contributed by atoms with Gasteiger partial charge in [0.25, 0.3) is 0 Å². The maximum atomic E-state index is 12.8. The molecule has 1 saturated heterocycles. The number of aromatic nitrogens is 1. The number of halogens is 4. The maximum Gasteiger partial charge on any atom is 0.443 e. The highest BCUT2D eigenvalue weighted by molar-refractivity contribution is 7.16. The van der Waals surface area contributed by atoms with Crippen molar-refractivity contribution >= 4 is 34.7 Å². The lowest BCUT2D eigenvalue weighted by Gasteiger charge is -2.32. The molecule has 120 valence electrons. The van der Waals surface area contributed by atoms with E-state index in [1.54, 1.807) is 4.90 Å². The van der Waals surface area contributed by atoms with Gasteiger partial charge in [-0.05, 0) is 6.92 Å². The second kappa shape index (κ2) is 6.80. The lowest BCUT2D eigenvalue weighted by molar-refractivity contribution is -0.137. The zero-order chi connectivity index (χ0) is 14.9. The van der Waals surface area contributed by atoms with E-state index in [4.69, 9.17) is 0 Å². The van der Waals surface area contributed by atoms with Gasteiger partial charge in [-0.15, -0.1) is 12.4 Å². The lowest BCUT2D eigenvalue weighted by atomic mass is 10.2. The van der Waals surface area contributed by atoms with E-state index >= 15 is 0 Å². The molecule has 0 saturated carbocycles. The number of hydrogen-bond acceptors (Lipinski definition) is 6. The fourth-order valence-electron chi connectivity index (χ4n) is 1.99. The van der Waals surface area contributed by atoms with Crippen molar-refractivity contribution in [3.63, 3.8) is 0 Å². The largest absolute Gasteiger partial charge is 0.464 e. The Labute approximate surface area is 129 Å². The normalized spacial score (nSPS) is 19.1. The number of rotatable bonds is 2. The summed E-state index contributed by atoms with van der Waals surface area (Å²) in [7, 11) is 1.12. The average molecular weight is 346 g/mol. The lowest BCUT2D eigenvalue weighted by Crippen LogP contribution is -2.49. The molecule has 1 aromatic rings. The van der Waals surface area contributed by atoms with E-state index in [1.807, 2.05) is 6.92 Å². The summed E-state index contributed by atoms with van der Waals surface area (Å²) in [6.45, 7) is 3.61. The molecule has 5 nitrogen and oxygen atoms in total. The highest BCUT2D eigenvalue weighted by Gasteiger charge is 2.38. The summed E-state index contributed by atoms with van der Waals surface area (Å²) in [5, 5.41) is 2.38. The molecule has 1 fully saturated rings. The Kier molecular flexibility index (Phi) is 5.83. The van der Waals surface area contributed by atoms with Crippen LogP contribution in [0.2, 0.25) is 0 Å². The third-order valence-electron chi connectivity index (χ3n) is 2.89. The summed E-state index contributed by atoms with van der Waals surface area (Å²) in [5.41, 5.74) is -0.265. The van der Waals surface area contributed by atoms with Gasteiger partial charge >= 0.3 is 12.1 Å². The first-order chi connectivity index (χ1) is 9.32. The summed E-state index contributed by atoms with van der Waals surface area (Å²) >= 11 is 0.480. The van der Waals surface area contributed by atoms with Crippen LogP contribution in [0.4, 0.5) is 18.2 Å². The van der Waals surface area contributed by atoms with Gasteiger partial charge in [-0.1, -0.05) is 11.3 Å². The summed E-state index contributed by atoms with van der Waals surface area (Å²) in [5.74, 6) is -0.849. The molecule has 0 unspecified atom stereocenters. The molecule has 2 heterocycles. The number of nitrogens with one attached hydrogen (secondary N) is 1. The number of carbonyl (C=O) groups is 1. The monoisotopic (exact) mass is 345 g/mol. The fourth-order valence-corrected chi connectivity index (χ4v) is 2.95. The van der Waals surface area contributed by atoms with Gasteiger partial charge in [-0.3, -0.25) is 0 Å². The van der Waals surface area contributed by atoms with Crippen molar-refractivity contribution in [3.05, 3.63) is 10.7 Å². The van der Waals surface area contributed by atoms with E-state index < -0.39 is 17.2 Å². The third kappa shape index (κ3) is 3.98. The van der Waals surface area contributed by atoms with Crippen molar-refractivity contribution < 1.29 is 22.7 Å². The molecule has 0 bridgehead atoms. The van der Waals surface area contributed by atoms with E-state index in [0.29, 0.717) is 31.0 Å². The van der Waals surface area contributed by atoms with Gasteiger partial charge in [-0.2, -0.15) is 13.2 Å². The van der Waals surface area contributed by atoms with Crippen molar-refractivity contribution in [1.82, 2.24) is 10.3 Å². The Morgan fingerprint density at radius 2 is 2.19 bits per heavy atom. The van der Waals surface area contributed by atoms with E-state index in [1.165, 1.54) is 0 Å².